The number of phenols is 1. The molecule has 6 heteroatoms. The number of nitrogens with zero attached hydrogens (tertiary/aromatic N) is 1. The molecule has 6 nitrogen and oxygen atoms in total. The third-order valence-electron chi connectivity index (χ3n) is 4.15. The van der Waals surface area contributed by atoms with Crippen molar-refractivity contribution < 1.29 is 23.8 Å². The molecule has 0 spiro atoms. The third kappa shape index (κ3) is 4.52. The predicted octanol–water partition coefficient (Wildman–Crippen LogP) is 4.66. The van der Waals surface area contributed by atoms with Crippen molar-refractivity contribution in [1.29, 1.82) is 0 Å². The number of ether oxygens (including phenoxy) is 2. The van der Waals surface area contributed by atoms with Gasteiger partial charge >= 0.3 is 0 Å². The molecule has 28 heavy (non-hydrogen) atoms. The number of hydrogen-bond acceptors (Lipinski definition) is 6. The van der Waals surface area contributed by atoms with Gasteiger partial charge < -0.3 is 19.0 Å². The highest BCUT2D eigenvalue weighted by molar-refractivity contribution is 5.98. The number of aryl methyl sites for hydroxylation is 1. The molecular weight excluding hydrogens is 358 g/mol. The Labute approximate surface area is 163 Å². The first-order chi connectivity index (χ1) is 13.6. The second-order valence-corrected chi connectivity index (χ2v) is 6.11. The number of hydrogen-bond donors (Lipinski definition) is 1. The summed E-state index contributed by atoms with van der Waals surface area (Å²) in [4.78, 5) is 16.8. The number of benzene rings is 2. The number of rotatable bonds is 9. The van der Waals surface area contributed by atoms with Crippen LogP contribution in [0.2, 0.25) is 0 Å². The molecule has 0 aliphatic heterocycles. The minimum atomic E-state index is -0.137. The Balaban J connectivity index is 1.71. The fourth-order valence-corrected chi connectivity index (χ4v) is 2.82. The summed E-state index contributed by atoms with van der Waals surface area (Å²) in [6.45, 7) is 4.90. The Bertz CT molecular complexity index is 948. The molecule has 0 saturated carbocycles. The average Bonchev–Trinajstić information content (AvgIpc) is 3.17. The third-order valence-corrected chi connectivity index (χ3v) is 4.15. The van der Waals surface area contributed by atoms with E-state index in [-0.39, 0.29) is 18.0 Å². The van der Waals surface area contributed by atoms with Gasteiger partial charge in [-0.15, -0.1) is 0 Å². The Hall–Kier alpha value is -3.28. The van der Waals surface area contributed by atoms with Crippen molar-refractivity contribution in [1.82, 2.24) is 4.98 Å². The Morgan fingerprint density at radius 3 is 2.57 bits per heavy atom. The summed E-state index contributed by atoms with van der Waals surface area (Å²) in [5, 5.41) is 9.78. The second kappa shape index (κ2) is 9.08. The lowest BCUT2D eigenvalue weighted by Gasteiger charge is -2.11. The Kier molecular flexibility index (Phi) is 6.32. The van der Waals surface area contributed by atoms with Crippen molar-refractivity contribution in [2.75, 3.05) is 13.2 Å². The van der Waals surface area contributed by atoms with E-state index in [9.17, 15) is 9.90 Å². The van der Waals surface area contributed by atoms with Crippen LogP contribution in [-0.2, 0) is 6.42 Å². The number of aromatic nitrogens is 1. The molecule has 146 valence electrons. The van der Waals surface area contributed by atoms with Gasteiger partial charge in [-0.25, -0.2) is 4.98 Å². The largest absolute Gasteiger partial charge is 0.507 e. The van der Waals surface area contributed by atoms with E-state index >= 15 is 0 Å². The zero-order valence-corrected chi connectivity index (χ0v) is 16.0. The van der Waals surface area contributed by atoms with Crippen molar-refractivity contribution in [3.8, 4) is 28.7 Å². The molecule has 3 rings (SSSR count). The summed E-state index contributed by atoms with van der Waals surface area (Å²) in [5.41, 5.74) is 1.76. The van der Waals surface area contributed by atoms with Crippen molar-refractivity contribution in [3.05, 3.63) is 60.0 Å². The number of oxazole rings is 1. The van der Waals surface area contributed by atoms with Crippen LogP contribution in [0.4, 0.5) is 0 Å². The number of aromatic hydroxyl groups is 1. The zero-order chi connectivity index (χ0) is 19.9. The van der Waals surface area contributed by atoms with Gasteiger partial charge in [0.25, 0.3) is 0 Å². The molecule has 0 bridgehead atoms. The van der Waals surface area contributed by atoms with E-state index in [0.717, 1.165) is 5.56 Å². The minimum Gasteiger partial charge on any atom is -0.507 e. The van der Waals surface area contributed by atoms with Crippen molar-refractivity contribution in [3.63, 3.8) is 0 Å². The van der Waals surface area contributed by atoms with Crippen LogP contribution >= 0.6 is 0 Å². The summed E-state index contributed by atoms with van der Waals surface area (Å²) in [6, 6.07) is 12.0. The highest BCUT2D eigenvalue weighted by Crippen LogP contribution is 2.32. The van der Waals surface area contributed by atoms with Gasteiger partial charge in [0.15, 0.2) is 17.3 Å². The monoisotopic (exact) mass is 381 g/mol. The molecule has 0 aliphatic rings. The van der Waals surface area contributed by atoms with Crippen LogP contribution in [0.15, 0.2) is 53.1 Å². The highest BCUT2D eigenvalue weighted by atomic mass is 16.5. The topological polar surface area (TPSA) is 81.8 Å². The standard InChI is InChI=1S/C22H23NO5/c1-3-26-20-12-9-15(13-21(20)27-4-2)22-23-16(14-28-22)10-11-19(25)17-7-5-6-8-18(17)24/h5-9,12-14,24H,3-4,10-11H2,1-2H3. The minimum absolute atomic E-state index is 0.00816. The van der Waals surface area contributed by atoms with Gasteiger partial charge in [0.2, 0.25) is 5.89 Å². The number of Topliss-reactive ketones (excluding diaryl/α,β-unsaturated/α-hetero) is 1. The molecular formula is C22H23NO5. The van der Waals surface area contributed by atoms with Crippen molar-refractivity contribution in [2.24, 2.45) is 0 Å². The van der Waals surface area contributed by atoms with Gasteiger partial charge in [-0.1, -0.05) is 12.1 Å². The van der Waals surface area contributed by atoms with Crippen LogP contribution in [0.1, 0.15) is 36.3 Å². The van der Waals surface area contributed by atoms with Gasteiger partial charge in [0.1, 0.15) is 12.0 Å². The van der Waals surface area contributed by atoms with Crippen LogP contribution < -0.4 is 9.47 Å². The molecule has 2 aromatic carbocycles. The summed E-state index contributed by atoms with van der Waals surface area (Å²) in [5.74, 6) is 1.62. The SMILES string of the molecule is CCOc1ccc(-c2nc(CCC(=O)c3ccccc3O)co2)cc1OCC. The van der Waals surface area contributed by atoms with Crippen LogP contribution in [0, 0.1) is 0 Å². The van der Waals surface area contributed by atoms with Crippen LogP contribution in [-0.4, -0.2) is 29.1 Å². The summed E-state index contributed by atoms with van der Waals surface area (Å²) in [7, 11) is 0. The quantitative estimate of drug-likeness (QED) is 0.543. The molecule has 3 aromatic rings. The van der Waals surface area contributed by atoms with E-state index in [4.69, 9.17) is 13.9 Å². The molecule has 0 radical (unpaired) electrons. The van der Waals surface area contributed by atoms with Crippen LogP contribution in [0.3, 0.4) is 0 Å². The van der Waals surface area contributed by atoms with E-state index in [1.54, 1.807) is 24.5 Å². The van der Waals surface area contributed by atoms with Gasteiger partial charge in [-0.05, 0) is 44.2 Å². The fraction of sp³-hybridized carbons (Fsp3) is 0.273. The Morgan fingerprint density at radius 2 is 1.82 bits per heavy atom. The zero-order valence-electron chi connectivity index (χ0n) is 16.0. The molecule has 0 unspecified atom stereocenters. The molecule has 0 atom stereocenters. The first-order valence-electron chi connectivity index (χ1n) is 9.28. The number of phenolic OH excluding ortho intramolecular Hbond substituents is 1. The lowest BCUT2D eigenvalue weighted by molar-refractivity contribution is 0.0980. The first-order valence-corrected chi connectivity index (χ1v) is 9.28. The molecule has 0 saturated heterocycles. The maximum atomic E-state index is 12.3. The normalized spacial score (nSPS) is 10.6. The number of carbonyl (C=O) groups is 1. The van der Waals surface area contributed by atoms with Gasteiger partial charge in [0.05, 0.1) is 24.5 Å². The second-order valence-electron chi connectivity index (χ2n) is 6.11. The number of para-hydroxylation sites is 1. The molecule has 0 amide bonds. The summed E-state index contributed by atoms with van der Waals surface area (Å²) in [6.07, 6.45) is 2.20. The van der Waals surface area contributed by atoms with E-state index in [1.165, 1.54) is 6.07 Å². The summed E-state index contributed by atoms with van der Waals surface area (Å²) >= 11 is 0. The predicted molar refractivity (Wildman–Crippen MR) is 105 cm³/mol. The van der Waals surface area contributed by atoms with E-state index in [1.807, 2.05) is 32.0 Å². The average molecular weight is 381 g/mol. The number of ketones is 1. The van der Waals surface area contributed by atoms with E-state index in [0.29, 0.717) is 48.3 Å². The van der Waals surface area contributed by atoms with E-state index in [2.05, 4.69) is 4.98 Å². The van der Waals surface area contributed by atoms with E-state index < -0.39 is 0 Å². The number of carbonyl (C=O) groups excluding carboxylic acids is 1. The van der Waals surface area contributed by atoms with Gasteiger partial charge in [-0.2, -0.15) is 0 Å². The maximum Gasteiger partial charge on any atom is 0.226 e. The smallest absolute Gasteiger partial charge is 0.226 e. The lowest BCUT2D eigenvalue weighted by atomic mass is 10.0. The Morgan fingerprint density at radius 1 is 1.07 bits per heavy atom. The summed E-state index contributed by atoms with van der Waals surface area (Å²) < 4.78 is 16.8. The van der Waals surface area contributed by atoms with Crippen LogP contribution in [0.5, 0.6) is 17.2 Å². The molecule has 0 fully saturated rings. The van der Waals surface area contributed by atoms with Crippen LogP contribution in [0.25, 0.3) is 11.5 Å². The van der Waals surface area contributed by atoms with Gasteiger partial charge in [-0.3, -0.25) is 4.79 Å². The fourth-order valence-electron chi connectivity index (χ4n) is 2.82. The molecule has 0 aliphatic carbocycles. The maximum absolute atomic E-state index is 12.3. The molecule has 1 N–H and O–H groups in total. The molecule has 1 heterocycles. The lowest BCUT2D eigenvalue weighted by Crippen LogP contribution is -2.01. The first kappa shape index (κ1) is 19.5. The van der Waals surface area contributed by atoms with Crippen molar-refractivity contribution in [2.45, 2.75) is 26.7 Å². The highest BCUT2D eigenvalue weighted by Gasteiger charge is 2.14. The molecule has 1 aromatic heterocycles. The van der Waals surface area contributed by atoms with Gasteiger partial charge in [0, 0.05) is 18.4 Å². The van der Waals surface area contributed by atoms with Crippen molar-refractivity contribution >= 4 is 5.78 Å².